The lowest BCUT2D eigenvalue weighted by molar-refractivity contribution is 0.0938. The Morgan fingerprint density at radius 3 is 2.26 bits per heavy atom. The molecule has 1 aliphatic rings. The van der Waals surface area contributed by atoms with E-state index < -0.39 is 10.0 Å². The van der Waals surface area contributed by atoms with Gasteiger partial charge in [-0.25, -0.2) is 13.2 Å². The van der Waals surface area contributed by atoms with Crippen molar-refractivity contribution in [1.82, 2.24) is 14.5 Å². The molecule has 190 valence electrons. The number of carbonyl (C=O) groups excluding carboxylic acids is 2. The third-order valence-electron chi connectivity index (χ3n) is 6.26. The molecule has 1 heterocycles. The van der Waals surface area contributed by atoms with Crippen LogP contribution < -0.4 is 15.4 Å². The van der Waals surface area contributed by atoms with Gasteiger partial charge in [0.1, 0.15) is 5.75 Å². The van der Waals surface area contributed by atoms with Crippen LogP contribution >= 0.6 is 0 Å². The van der Waals surface area contributed by atoms with Crippen molar-refractivity contribution in [2.24, 2.45) is 5.92 Å². The molecular formula is C25H34N4O5S. The summed E-state index contributed by atoms with van der Waals surface area (Å²) < 4.78 is 31.9. The lowest BCUT2D eigenvalue weighted by atomic mass is 9.97. The normalized spacial score (nSPS) is 14.6. The molecule has 0 atom stereocenters. The maximum atomic E-state index is 12.6. The van der Waals surface area contributed by atoms with Gasteiger partial charge >= 0.3 is 6.03 Å². The zero-order chi connectivity index (χ0) is 25.4. The third kappa shape index (κ3) is 6.52. The number of likely N-dealkylation sites (tertiary alicyclic amines) is 1. The van der Waals surface area contributed by atoms with Gasteiger partial charge in [0.15, 0.2) is 0 Å². The van der Waals surface area contributed by atoms with Crippen LogP contribution in [0.1, 0.15) is 37.0 Å². The molecule has 0 spiro atoms. The van der Waals surface area contributed by atoms with Gasteiger partial charge in [-0.1, -0.05) is 26.0 Å². The van der Waals surface area contributed by atoms with Crippen molar-refractivity contribution < 1.29 is 22.7 Å². The molecule has 9 nitrogen and oxygen atoms in total. The summed E-state index contributed by atoms with van der Waals surface area (Å²) in [5, 5.41) is 5.83. The molecule has 1 fully saturated rings. The first-order chi connectivity index (χ1) is 16.8. The number of hydrogen-bond acceptors (Lipinski definition) is 5. The number of benzene rings is 2. The van der Waals surface area contributed by atoms with Crippen LogP contribution in [-0.4, -0.2) is 69.4 Å². The van der Waals surface area contributed by atoms with Crippen LogP contribution in [0.3, 0.4) is 0 Å². The zero-order valence-corrected chi connectivity index (χ0v) is 21.3. The van der Waals surface area contributed by atoms with Crippen LogP contribution in [0.15, 0.2) is 53.4 Å². The number of carbonyl (C=O) groups is 2. The quantitative estimate of drug-likeness (QED) is 0.546. The van der Waals surface area contributed by atoms with Crippen LogP contribution in [0.5, 0.6) is 5.75 Å². The van der Waals surface area contributed by atoms with Gasteiger partial charge in [0.2, 0.25) is 10.0 Å². The number of piperidine rings is 1. The molecule has 0 aliphatic carbocycles. The van der Waals surface area contributed by atoms with E-state index >= 15 is 0 Å². The molecule has 0 radical (unpaired) electrons. The first kappa shape index (κ1) is 26.5. The van der Waals surface area contributed by atoms with Gasteiger partial charge < -0.3 is 20.3 Å². The Bertz CT molecular complexity index is 1110. The fourth-order valence-electron chi connectivity index (χ4n) is 4.11. The van der Waals surface area contributed by atoms with E-state index in [2.05, 4.69) is 10.6 Å². The number of sulfonamides is 1. The average Bonchev–Trinajstić information content (AvgIpc) is 2.88. The summed E-state index contributed by atoms with van der Waals surface area (Å²) in [6.07, 6.45) is 1.56. The van der Waals surface area contributed by atoms with Gasteiger partial charge in [-0.2, -0.15) is 4.31 Å². The highest BCUT2D eigenvalue weighted by Crippen LogP contribution is 2.24. The summed E-state index contributed by atoms with van der Waals surface area (Å²) >= 11 is 0. The van der Waals surface area contributed by atoms with Crippen molar-refractivity contribution >= 4 is 27.6 Å². The molecule has 3 rings (SSSR count). The molecule has 2 aromatic rings. The Labute approximate surface area is 207 Å². The summed E-state index contributed by atoms with van der Waals surface area (Å²) in [6, 6.07) is 13.1. The van der Waals surface area contributed by atoms with Crippen molar-refractivity contribution in [1.29, 1.82) is 0 Å². The fraction of sp³-hybridized carbons (Fsp3) is 0.440. The Kier molecular flexibility index (Phi) is 9.11. The number of nitrogens with one attached hydrogen (secondary N) is 2. The lowest BCUT2D eigenvalue weighted by Gasteiger charge is -2.32. The summed E-state index contributed by atoms with van der Waals surface area (Å²) in [5.74, 6) is 0.627. The summed E-state index contributed by atoms with van der Waals surface area (Å²) in [5.41, 5.74) is 1.04. The minimum Gasteiger partial charge on any atom is -0.495 e. The molecule has 0 aromatic heterocycles. The standard InChI is InChI=1S/C25H34N4O5S/c1-4-29(5-2)35(32,33)21-12-10-20(11-13-21)24(30)26-18-19-14-16-28(17-15-19)25(31)27-22-8-6-7-9-23(22)34-3/h6-13,19H,4-5,14-18H2,1-3H3,(H,26,30)(H,27,31). The second-order valence-corrected chi connectivity index (χ2v) is 10.3. The number of nitrogens with zero attached hydrogens (tertiary/aromatic N) is 2. The summed E-state index contributed by atoms with van der Waals surface area (Å²) in [4.78, 5) is 27.1. The Morgan fingerprint density at radius 1 is 1.03 bits per heavy atom. The van der Waals surface area contributed by atoms with Crippen molar-refractivity contribution in [3.05, 3.63) is 54.1 Å². The van der Waals surface area contributed by atoms with Gasteiger partial charge in [0.05, 0.1) is 17.7 Å². The second-order valence-electron chi connectivity index (χ2n) is 8.38. The summed E-state index contributed by atoms with van der Waals surface area (Å²) in [6.45, 7) is 6.06. The highest BCUT2D eigenvalue weighted by atomic mass is 32.2. The lowest BCUT2D eigenvalue weighted by Crippen LogP contribution is -2.43. The minimum atomic E-state index is -3.55. The van der Waals surface area contributed by atoms with E-state index in [1.807, 2.05) is 12.1 Å². The van der Waals surface area contributed by atoms with Crippen LogP contribution in [0.2, 0.25) is 0 Å². The molecule has 0 unspecified atom stereocenters. The van der Waals surface area contributed by atoms with Gasteiger partial charge in [-0.05, 0) is 55.2 Å². The van der Waals surface area contributed by atoms with E-state index in [0.717, 1.165) is 12.8 Å². The molecule has 35 heavy (non-hydrogen) atoms. The largest absolute Gasteiger partial charge is 0.495 e. The number of urea groups is 1. The van der Waals surface area contributed by atoms with E-state index in [-0.39, 0.29) is 22.8 Å². The Hall–Kier alpha value is -3.11. The average molecular weight is 503 g/mol. The molecule has 1 aliphatic heterocycles. The summed E-state index contributed by atoms with van der Waals surface area (Å²) in [7, 11) is -1.99. The molecule has 0 bridgehead atoms. The number of ether oxygens (including phenoxy) is 1. The van der Waals surface area contributed by atoms with Gasteiger partial charge in [-0.3, -0.25) is 4.79 Å². The van der Waals surface area contributed by atoms with E-state index in [9.17, 15) is 18.0 Å². The molecule has 10 heteroatoms. The smallest absolute Gasteiger partial charge is 0.321 e. The molecular weight excluding hydrogens is 468 g/mol. The molecule has 3 amide bonds. The van der Waals surface area contributed by atoms with Crippen LogP contribution in [0.25, 0.3) is 0 Å². The Morgan fingerprint density at radius 2 is 1.66 bits per heavy atom. The number of para-hydroxylation sites is 2. The number of anilines is 1. The highest BCUT2D eigenvalue weighted by Gasteiger charge is 2.25. The van der Waals surface area contributed by atoms with Crippen molar-refractivity contribution in [3.63, 3.8) is 0 Å². The molecule has 2 aromatic carbocycles. The van der Waals surface area contributed by atoms with E-state index in [4.69, 9.17) is 4.74 Å². The van der Waals surface area contributed by atoms with E-state index in [1.54, 1.807) is 38.0 Å². The zero-order valence-electron chi connectivity index (χ0n) is 20.5. The molecule has 2 N–H and O–H groups in total. The maximum absolute atomic E-state index is 12.6. The van der Waals surface area contributed by atoms with Crippen molar-refractivity contribution in [3.8, 4) is 5.75 Å². The van der Waals surface area contributed by atoms with Crippen LogP contribution in [-0.2, 0) is 10.0 Å². The van der Waals surface area contributed by atoms with Gasteiger partial charge in [0, 0.05) is 38.3 Å². The van der Waals surface area contributed by atoms with Crippen molar-refractivity contribution in [2.75, 3.05) is 45.2 Å². The fourth-order valence-corrected chi connectivity index (χ4v) is 5.57. The minimum absolute atomic E-state index is 0.170. The SMILES string of the molecule is CCN(CC)S(=O)(=O)c1ccc(C(=O)NCC2CCN(C(=O)Nc3ccccc3OC)CC2)cc1. The van der Waals surface area contributed by atoms with Gasteiger partial charge in [0.25, 0.3) is 5.91 Å². The third-order valence-corrected chi connectivity index (χ3v) is 8.33. The molecule has 0 saturated carbocycles. The van der Waals surface area contributed by atoms with E-state index in [0.29, 0.717) is 49.7 Å². The number of hydrogen-bond donors (Lipinski definition) is 2. The second kappa shape index (κ2) is 12.0. The first-order valence-electron chi connectivity index (χ1n) is 11.9. The number of amides is 3. The van der Waals surface area contributed by atoms with Crippen molar-refractivity contribution in [2.45, 2.75) is 31.6 Å². The van der Waals surface area contributed by atoms with Crippen LogP contribution in [0.4, 0.5) is 10.5 Å². The maximum Gasteiger partial charge on any atom is 0.321 e. The monoisotopic (exact) mass is 502 g/mol. The predicted octanol–water partition coefficient (Wildman–Crippen LogP) is 3.40. The first-order valence-corrected chi connectivity index (χ1v) is 13.3. The number of methoxy groups -OCH3 is 1. The highest BCUT2D eigenvalue weighted by molar-refractivity contribution is 7.89. The Balaban J connectivity index is 1.47. The molecule has 1 saturated heterocycles. The topological polar surface area (TPSA) is 108 Å². The predicted molar refractivity (Wildman–Crippen MR) is 135 cm³/mol. The number of rotatable bonds is 9. The van der Waals surface area contributed by atoms with Crippen LogP contribution in [0, 0.1) is 5.92 Å². The van der Waals surface area contributed by atoms with E-state index in [1.165, 1.54) is 28.6 Å². The van der Waals surface area contributed by atoms with Gasteiger partial charge in [-0.15, -0.1) is 0 Å².